The fourth-order valence-electron chi connectivity index (χ4n) is 1.52. The third kappa shape index (κ3) is 4.08. The monoisotopic (exact) mass is 239 g/mol. The molecule has 1 heterocycles. The van der Waals surface area contributed by atoms with Crippen molar-refractivity contribution in [3.05, 3.63) is 0 Å². The topological polar surface area (TPSA) is 64.6 Å². The number of carbonyl (C=O) groups excluding carboxylic acids is 2. The summed E-state index contributed by atoms with van der Waals surface area (Å²) in [6.45, 7) is 5.81. The fraction of sp³-hybridized carbons (Fsp3) is 0.667. The molecule has 0 aromatic rings. The lowest BCUT2D eigenvalue weighted by atomic mass is 9.99. The summed E-state index contributed by atoms with van der Waals surface area (Å²) < 4.78 is 10.2. The number of ether oxygens (including phenoxy) is 2. The van der Waals surface area contributed by atoms with Gasteiger partial charge in [-0.15, -0.1) is 6.42 Å². The van der Waals surface area contributed by atoms with E-state index in [1.807, 2.05) is 5.92 Å². The number of rotatable bonds is 2. The molecule has 94 valence electrons. The molecule has 1 N–H and O–H groups in total. The molecule has 0 aliphatic carbocycles. The van der Waals surface area contributed by atoms with Gasteiger partial charge in [0.15, 0.2) is 0 Å². The first-order valence-electron chi connectivity index (χ1n) is 5.41. The van der Waals surface area contributed by atoms with E-state index in [4.69, 9.17) is 15.9 Å². The molecule has 0 spiro atoms. The molecule has 1 rings (SSSR count). The number of nitrogens with one attached hydrogen (secondary N) is 1. The van der Waals surface area contributed by atoms with E-state index in [0.717, 1.165) is 0 Å². The Bertz CT molecular complexity index is 350. The Kier molecular flexibility index (Phi) is 4.13. The summed E-state index contributed by atoms with van der Waals surface area (Å²) in [5.41, 5.74) is -0.574. The van der Waals surface area contributed by atoms with Gasteiger partial charge in [-0.05, 0) is 26.7 Å². The average Bonchev–Trinajstić information content (AvgIpc) is 2.61. The van der Waals surface area contributed by atoms with Crippen molar-refractivity contribution in [3.63, 3.8) is 0 Å². The summed E-state index contributed by atoms with van der Waals surface area (Å²) in [5, 5.41) is 2.60. The van der Waals surface area contributed by atoms with E-state index in [9.17, 15) is 9.59 Å². The van der Waals surface area contributed by atoms with Crippen LogP contribution in [0.15, 0.2) is 0 Å². The standard InChI is InChI=1S/C12H17NO4/c1-5-10(14)8-6-16-7-9(8)13-11(15)17-12(2,3)4/h1,8-9H,6-7H2,2-4H3,(H,13,15). The van der Waals surface area contributed by atoms with Crippen LogP contribution in [-0.2, 0) is 14.3 Å². The maximum Gasteiger partial charge on any atom is 0.407 e. The van der Waals surface area contributed by atoms with E-state index in [1.165, 1.54) is 0 Å². The molecular formula is C12H17NO4. The molecule has 0 aromatic heterocycles. The third-order valence-corrected chi connectivity index (χ3v) is 2.26. The minimum absolute atomic E-state index is 0.240. The van der Waals surface area contributed by atoms with Crippen molar-refractivity contribution >= 4 is 11.9 Å². The maximum absolute atomic E-state index is 11.5. The zero-order valence-electron chi connectivity index (χ0n) is 10.3. The summed E-state index contributed by atoms with van der Waals surface area (Å²) in [6, 6.07) is -0.409. The van der Waals surface area contributed by atoms with Crippen LogP contribution < -0.4 is 5.32 Å². The molecule has 5 heteroatoms. The predicted molar refractivity (Wildman–Crippen MR) is 61.3 cm³/mol. The van der Waals surface area contributed by atoms with E-state index in [2.05, 4.69) is 5.32 Å². The number of amides is 1. The van der Waals surface area contributed by atoms with Crippen molar-refractivity contribution < 1.29 is 19.1 Å². The average molecular weight is 239 g/mol. The van der Waals surface area contributed by atoms with Crippen LogP contribution in [0.1, 0.15) is 20.8 Å². The molecule has 5 nitrogen and oxygen atoms in total. The molecule has 0 aromatic carbocycles. The zero-order valence-corrected chi connectivity index (χ0v) is 10.3. The van der Waals surface area contributed by atoms with Crippen LogP contribution >= 0.6 is 0 Å². The van der Waals surface area contributed by atoms with Gasteiger partial charge in [0.2, 0.25) is 5.78 Å². The van der Waals surface area contributed by atoms with Crippen molar-refractivity contribution in [2.45, 2.75) is 32.4 Å². The number of terminal acetylenes is 1. The quantitative estimate of drug-likeness (QED) is 0.570. The first-order valence-corrected chi connectivity index (χ1v) is 5.41. The maximum atomic E-state index is 11.5. The Morgan fingerprint density at radius 1 is 1.41 bits per heavy atom. The molecule has 17 heavy (non-hydrogen) atoms. The predicted octanol–water partition coefficient (Wildman–Crippen LogP) is 0.728. The molecule has 0 bridgehead atoms. The number of carbonyl (C=O) groups is 2. The summed E-state index contributed by atoms with van der Waals surface area (Å²) in [5.74, 6) is 1.21. The molecular weight excluding hydrogens is 222 g/mol. The summed E-state index contributed by atoms with van der Waals surface area (Å²) in [7, 11) is 0. The Hall–Kier alpha value is -1.54. The minimum atomic E-state index is -0.574. The highest BCUT2D eigenvalue weighted by molar-refractivity contribution is 5.97. The lowest BCUT2D eigenvalue weighted by Crippen LogP contribution is -2.44. The lowest BCUT2D eigenvalue weighted by Gasteiger charge is -2.22. The van der Waals surface area contributed by atoms with Gasteiger partial charge in [0, 0.05) is 0 Å². The normalized spacial score (nSPS) is 23.9. The highest BCUT2D eigenvalue weighted by atomic mass is 16.6. The van der Waals surface area contributed by atoms with Crippen LogP contribution in [0.25, 0.3) is 0 Å². The SMILES string of the molecule is C#CC(=O)C1COCC1NC(=O)OC(C)(C)C. The van der Waals surface area contributed by atoms with Crippen molar-refractivity contribution in [1.29, 1.82) is 0 Å². The van der Waals surface area contributed by atoms with Gasteiger partial charge in [-0.2, -0.15) is 0 Å². The molecule has 1 amide bonds. The van der Waals surface area contributed by atoms with Gasteiger partial charge in [-0.3, -0.25) is 4.79 Å². The van der Waals surface area contributed by atoms with E-state index >= 15 is 0 Å². The number of hydrogen-bond acceptors (Lipinski definition) is 4. The highest BCUT2D eigenvalue weighted by Crippen LogP contribution is 2.15. The second kappa shape index (κ2) is 5.19. The first-order chi connectivity index (χ1) is 7.83. The van der Waals surface area contributed by atoms with E-state index < -0.39 is 23.7 Å². The van der Waals surface area contributed by atoms with Crippen LogP contribution in [0.3, 0.4) is 0 Å². The van der Waals surface area contributed by atoms with Crippen LogP contribution in [0.4, 0.5) is 4.79 Å². The van der Waals surface area contributed by atoms with Gasteiger partial charge in [0.05, 0.1) is 25.2 Å². The molecule has 1 saturated heterocycles. The van der Waals surface area contributed by atoms with Gasteiger partial charge in [0.25, 0.3) is 0 Å². The Balaban J connectivity index is 2.54. The number of hydrogen-bond donors (Lipinski definition) is 1. The van der Waals surface area contributed by atoms with Gasteiger partial charge in [-0.1, -0.05) is 0 Å². The fourth-order valence-corrected chi connectivity index (χ4v) is 1.52. The summed E-state index contributed by atoms with van der Waals surface area (Å²) in [6.07, 6.45) is 4.48. The molecule has 0 saturated carbocycles. The van der Waals surface area contributed by atoms with E-state index in [0.29, 0.717) is 0 Å². The highest BCUT2D eigenvalue weighted by Gasteiger charge is 2.35. The molecule has 2 unspecified atom stereocenters. The van der Waals surface area contributed by atoms with Crippen molar-refractivity contribution in [3.8, 4) is 12.3 Å². The van der Waals surface area contributed by atoms with E-state index in [-0.39, 0.29) is 19.0 Å². The van der Waals surface area contributed by atoms with Crippen molar-refractivity contribution in [2.75, 3.05) is 13.2 Å². The summed E-state index contributed by atoms with van der Waals surface area (Å²) in [4.78, 5) is 22.9. The second-order valence-corrected chi connectivity index (χ2v) is 4.91. The van der Waals surface area contributed by atoms with Crippen LogP contribution in [0.5, 0.6) is 0 Å². The first kappa shape index (κ1) is 13.5. The van der Waals surface area contributed by atoms with Crippen molar-refractivity contribution in [2.24, 2.45) is 5.92 Å². The summed E-state index contributed by atoms with van der Waals surface area (Å²) >= 11 is 0. The number of ketones is 1. The van der Waals surface area contributed by atoms with Gasteiger partial charge in [0.1, 0.15) is 5.60 Å². The molecule has 1 fully saturated rings. The van der Waals surface area contributed by atoms with E-state index in [1.54, 1.807) is 20.8 Å². The molecule has 2 atom stereocenters. The Morgan fingerprint density at radius 2 is 2.06 bits per heavy atom. The van der Waals surface area contributed by atoms with Crippen molar-refractivity contribution in [1.82, 2.24) is 5.32 Å². The molecule has 1 aliphatic heterocycles. The third-order valence-electron chi connectivity index (χ3n) is 2.26. The second-order valence-electron chi connectivity index (χ2n) is 4.91. The number of alkyl carbamates (subject to hydrolysis) is 1. The Labute approximate surface area is 101 Å². The van der Waals surface area contributed by atoms with Gasteiger partial charge in [-0.25, -0.2) is 4.79 Å². The Morgan fingerprint density at radius 3 is 2.59 bits per heavy atom. The van der Waals surface area contributed by atoms with Crippen LogP contribution in [0.2, 0.25) is 0 Å². The smallest absolute Gasteiger partial charge is 0.407 e. The minimum Gasteiger partial charge on any atom is -0.444 e. The zero-order chi connectivity index (χ0) is 13.1. The van der Waals surface area contributed by atoms with Crippen LogP contribution in [0, 0.1) is 18.3 Å². The largest absolute Gasteiger partial charge is 0.444 e. The molecule has 1 aliphatic rings. The number of Topliss-reactive ketones (excluding diaryl/α,β-unsaturated/α-hetero) is 1. The molecule has 0 radical (unpaired) electrons. The van der Waals surface area contributed by atoms with Gasteiger partial charge < -0.3 is 14.8 Å². The lowest BCUT2D eigenvalue weighted by molar-refractivity contribution is -0.117. The van der Waals surface area contributed by atoms with Gasteiger partial charge >= 0.3 is 6.09 Å². The van der Waals surface area contributed by atoms with Crippen LogP contribution in [-0.4, -0.2) is 36.7 Å².